The van der Waals surface area contributed by atoms with E-state index in [2.05, 4.69) is 5.32 Å². The average molecular weight is 291 g/mol. The number of rotatable bonds is 3. The number of anilines is 1. The standard InChI is InChI=1S/C15H15ClN2O2/c1-9-12(3-2-4-14(9)19)17-15(20)13-7-10(16)8-18(13)11-5-6-11/h2-4,7-8,11,19H,5-6H2,1H3,(H,17,20). The number of amides is 1. The molecule has 1 saturated carbocycles. The molecule has 0 spiro atoms. The fourth-order valence-electron chi connectivity index (χ4n) is 2.23. The van der Waals surface area contributed by atoms with Crippen LogP contribution in [-0.4, -0.2) is 15.6 Å². The zero-order valence-corrected chi connectivity index (χ0v) is 11.8. The normalized spacial score (nSPS) is 14.3. The summed E-state index contributed by atoms with van der Waals surface area (Å²) in [4.78, 5) is 12.4. The van der Waals surface area contributed by atoms with Crippen LogP contribution in [0, 0.1) is 6.92 Å². The molecule has 104 valence electrons. The van der Waals surface area contributed by atoms with Crippen molar-refractivity contribution >= 4 is 23.2 Å². The Morgan fingerprint density at radius 3 is 2.90 bits per heavy atom. The molecule has 1 fully saturated rings. The van der Waals surface area contributed by atoms with Crippen LogP contribution in [0.15, 0.2) is 30.5 Å². The van der Waals surface area contributed by atoms with Gasteiger partial charge < -0.3 is 15.0 Å². The molecule has 0 saturated heterocycles. The molecule has 20 heavy (non-hydrogen) atoms. The van der Waals surface area contributed by atoms with Gasteiger partial charge >= 0.3 is 0 Å². The average Bonchev–Trinajstić information content (AvgIpc) is 3.18. The number of carbonyl (C=O) groups excluding carboxylic acids is 1. The van der Waals surface area contributed by atoms with Gasteiger partial charge in [0.2, 0.25) is 0 Å². The van der Waals surface area contributed by atoms with E-state index in [0.717, 1.165) is 12.8 Å². The molecule has 0 bridgehead atoms. The minimum absolute atomic E-state index is 0.165. The highest BCUT2D eigenvalue weighted by molar-refractivity contribution is 6.31. The second-order valence-electron chi connectivity index (χ2n) is 5.09. The predicted octanol–water partition coefficient (Wildman–Crippen LogP) is 3.74. The molecule has 5 heteroatoms. The minimum atomic E-state index is -0.211. The van der Waals surface area contributed by atoms with Gasteiger partial charge in [0.25, 0.3) is 5.91 Å². The van der Waals surface area contributed by atoms with Crippen LogP contribution in [0.25, 0.3) is 0 Å². The van der Waals surface area contributed by atoms with Crippen molar-refractivity contribution in [3.63, 3.8) is 0 Å². The molecule has 1 aliphatic carbocycles. The quantitative estimate of drug-likeness (QED) is 0.904. The van der Waals surface area contributed by atoms with Crippen molar-refractivity contribution < 1.29 is 9.90 Å². The molecule has 1 aliphatic rings. The van der Waals surface area contributed by atoms with Gasteiger partial charge in [-0.1, -0.05) is 17.7 Å². The van der Waals surface area contributed by atoms with Gasteiger partial charge in [0.1, 0.15) is 11.4 Å². The summed E-state index contributed by atoms with van der Waals surface area (Å²) in [6.07, 6.45) is 3.95. The maximum atomic E-state index is 12.4. The molecule has 3 rings (SSSR count). The fraction of sp³-hybridized carbons (Fsp3) is 0.267. The molecule has 0 aliphatic heterocycles. The Bertz CT molecular complexity index is 675. The van der Waals surface area contributed by atoms with Crippen LogP contribution in [0.1, 0.15) is 34.9 Å². The van der Waals surface area contributed by atoms with E-state index in [-0.39, 0.29) is 11.7 Å². The topological polar surface area (TPSA) is 54.3 Å². The Labute approximate surface area is 122 Å². The molecule has 0 atom stereocenters. The summed E-state index contributed by atoms with van der Waals surface area (Å²) < 4.78 is 1.93. The zero-order chi connectivity index (χ0) is 14.3. The van der Waals surface area contributed by atoms with Gasteiger partial charge in [0.15, 0.2) is 0 Å². The van der Waals surface area contributed by atoms with Crippen molar-refractivity contribution in [2.24, 2.45) is 0 Å². The first-order valence-corrected chi connectivity index (χ1v) is 6.91. The Hall–Kier alpha value is -1.94. The van der Waals surface area contributed by atoms with Crippen molar-refractivity contribution in [3.05, 3.63) is 46.7 Å². The van der Waals surface area contributed by atoms with Gasteiger partial charge in [-0.15, -0.1) is 0 Å². The van der Waals surface area contributed by atoms with Crippen LogP contribution in [0.5, 0.6) is 5.75 Å². The van der Waals surface area contributed by atoms with Crippen LogP contribution in [0.3, 0.4) is 0 Å². The van der Waals surface area contributed by atoms with Crippen LogP contribution >= 0.6 is 11.6 Å². The number of benzene rings is 1. The van der Waals surface area contributed by atoms with Gasteiger partial charge in [-0.3, -0.25) is 4.79 Å². The first kappa shape index (κ1) is 13.1. The summed E-state index contributed by atoms with van der Waals surface area (Å²) in [7, 11) is 0. The Balaban J connectivity index is 1.88. The lowest BCUT2D eigenvalue weighted by Gasteiger charge is -2.11. The highest BCUT2D eigenvalue weighted by Gasteiger charge is 2.28. The van der Waals surface area contributed by atoms with Crippen molar-refractivity contribution in [2.45, 2.75) is 25.8 Å². The largest absolute Gasteiger partial charge is 0.508 e. The first-order valence-electron chi connectivity index (χ1n) is 6.53. The monoisotopic (exact) mass is 290 g/mol. The molecule has 4 nitrogen and oxygen atoms in total. The van der Waals surface area contributed by atoms with E-state index < -0.39 is 0 Å². The summed E-state index contributed by atoms with van der Waals surface area (Å²) in [5.74, 6) is -0.0455. The van der Waals surface area contributed by atoms with Gasteiger partial charge in [-0.25, -0.2) is 0 Å². The van der Waals surface area contributed by atoms with Crippen LogP contribution < -0.4 is 5.32 Å². The lowest BCUT2D eigenvalue weighted by atomic mass is 10.2. The lowest BCUT2D eigenvalue weighted by Crippen LogP contribution is -2.16. The molecule has 1 amide bonds. The van der Waals surface area contributed by atoms with E-state index in [4.69, 9.17) is 11.6 Å². The van der Waals surface area contributed by atoms with Crippen molar-refractivity contribution in [1.82, 2.24) is 4.57 Å². The maximum Gasteiger partial charge on any atom is 0.272 e. The number of nitrogens with zero attached hydrogens (tertiary/aromatic N) is 1. The number of aromatic nitrogens is 1. The minimum Gasteiger partial charge on any atom is -0.508 e. The summed E-state index contributed by atoms with van der Waals surface area (Å²) in [6, 6.07) is 7.11. The fourth-order valence-corrected chi connectivity index (χ4v) is 2.44. The van der Waals surface area contributed by atoms with E-state index in [1.165, 1.54) is 0 Å². The smallest absolute Gasteiger partial charge is 0.272 e. The lowest BCUT2D eigenvalue weighted by molar-refractivity contribution is 0.101. The summed E-state index contributed by atoms with van der Waals surface area (Å²) >= 11 is 6.00. The molecule has 2 N–H and O–H groups in total. The molecule has 1 aromatic carbocycles. The van der Waals surface area contributed by atoms with Gasteiger partial charge in [-0.05, 0) is 38.0 Å². The highest BCUT2D eigenvalue weighted by atomic mass is 35.5. The van der Waals surface area contributed by atoms with Crippen molar-refractivity contribution in [1.29, 1.82) is 0 Å². The van der Waals surface area contributed by atoms with Crippen molar-refractivity contribution in [2.75, 3.05) is 5.32 Å². The molecule has 0 unspecified atom stereocenters. The number of phenols is 1. The summed E-state index contributed by atoms with van der Waals surface area (Å²) in [5, 5.41) is 13.1. The van der Waals surface area contributed by atoms with Gasteiger partial charge in [-0.2, -0.15) is 0 Å². The number of nitrogens with one attached hydrogen (secondary N) is 1. The zero-order valence-electron chi connectivity index (χ0n) is 11.1. The number of carbonyl (C=O) groups is 1. The number of phenolic OH excluding ortho intramolecular Hbond substituents is 1. The Kier molecular flexibility index (Phi) is 3.18. The van der Waals surface area contributed by atoms with Crippen LogP contribution in [-0.2, 0) is 0 Å². The third-order valence-corrected chi connectivity index (χ3v) is 3.75. The van der Waals surface area contributed by atoms with E-state index in [0.29, 0.717) is 28.0 Å². The van der Waals surface area contributed by atoms with Crippen LogP contribution in [0.4, 0.5) is 5.69 Å². The van der Waals surface area contributed by atoms with E-state index in [9.17, 15) is 9.90 Å². The van der Waals surface area contributed by atoms with Crippen molar-refractivity contribution in [3.8, 4) is 5.75 Å². The molecule has 2 aromatic rings. The molecule has 1 aromatic heterocycles. The number of hydrogen-bond donors (Lipinski definition) is 2. The third kappa shape index (κ3) is 2.39. The summed E-state index contributed by atoms with van der Waals surface area (Å²) in [6.45, 7) is 1.76. The van der Waals surface area contributed by atoms with Crippen LogP contribution in [0.2, 0.25) is 5.02 Å². The second kappa shape index (κ2) is 4.87. The number of aromatic hydroxyl groups is 1. The SMILES string of the molecule is Cc1c(O)cccc1NC(=O)c1cc(Cl)cn1C1CC1. The Morgan fingerprint density at radius 2 is 2.20 bits per heavy atom. The molecular formula is C15H15ClN2O2. The van der Waals surface area contributed by atoms with Gasteiger partial charge in [0, 0.05) is 23.5 Å². The number of halogens is 1. The van der Waals surface area contributed by atoms with E-state index in [1.54, 1.807) is 37.4 Å². The predicted molar refractivity (Wildman–Crippen MR) is 78.5 cm³/mol. The molecule has 1 heterocycles. The van der Waals surface area contributed by atoms with E-state index >= 15 is 0 Å². The van der Waals surface area contributed by atoms with Gasteiger partial charge in [0.05, 0.1) is 5.02 Å². The first-order chi connectivity index (χ1) is 9.56. The Morgan fingerprint density at radius 1 is 1.45 bits per heavy atom. The highest BCUT2D eigenvalue weighted by Crippen LogP contribution is 2.37. The number of hydrogen-bond acceptors (Lipinski definition) is 2. The van der Waals surface area contributed by atoms with E-state index in [1.807, 2.05) is 4.57 Å². The maximum absolute atomic E-state index is 12.4. The molecular weight excluding hydrogens is 276 g/mol. The third-order valence-electron chi connectivity index (χ3n) is 3.54. The molecule has 0 radical (unpaired) electrons. The second-order valence-corrected chi connectivity index (χ2v) is 5.52. The summed E-state index contributed by atoms with van der Waals surface area (Å²) in [5.41, 5.74) is 1.81.